The lowest BCUT2D eigenvalue weighted by atomic mass is 9.96. The Kier molecular flexibility index (Phi) is 5.31. The van der Waals surface area contributed by atoms with Crippen molar-refractivity contribution in [1.82, 2.24) is 10.4 Å². The minimum Gasteiger partial charge on any atom is -0.492 e. The lowest BCUT2D eigenvalue weighted by Gasteiger charge is -2.18. The van der Waals surface area contributed by atoms with Gasteiger partial charge in [-0.1, -0.05) is 38.1 Å². The summed E-state index contributed by atoms with van der Waals surface area (Å²) in [4.78, 5) is 4.22. The standard InChI is InChI=1S/C17H23N3O/c1-4-21-16-9-15(10-19-11-16)17(20-18)14-7-5-13(6-8-14)12(2)3/h5-12,17,20H,4,18H2,1-3H3. The van der Waals surface area contributed by atoms with Crippen LogP contribution in [0, 0.1) is 0 Å². The van der Waals surface area contributed by atoms with Crippen molar-refractivity contribution in [3.8, 4) is 5.75 Å². The predicted octanol–water partition coefficient (Wildman–Crippen LogP) is 3.16. The summed E-state index contributed by atoms with van der Waals surface area (Å²) >= 11 is 0. The van der Waals surface area contributed by atoms with Crippen molar-refractivity contribution in [2.45, 2.75) is 32.7 Å². The van der Waals surface area contributed by atoms with Gasteiger partial charge in [0.05, 0.1) is 18.8 Å². The zero-order chi connectivity index (χ0) is 15.2. The summed E-state index contributed by atoms with van der Waals surface area (Å²) < 4.78 is 5.50. The lowest BCUT2D eigenvalue weighted by molar-refractivity contribution is 0.338. The van der Waals surface area contributed by atoms with Gasteiger partial charge in [0.15, 0.2) is 0 Å². The maximum atomic E-state index is 5.74. The van der Waals surface area contributed by atoms with E-state index in [0.29, 0.717) is 12.5 Å². The molecule has 1 aromatic carbocycles. The number of aromatic nitrogens is 1. The highest BCUT2D eigenvalue weighted by atomic mass is 16.5. The molecule has 0 saturated carbocycles. The van der Waals surface area contributed by atoms with Crippen LogP contribution in [0.25, 0.3) is 0 Å². The molecule has 0 amide bonds. The van der Waals surface area contributed by atoms with Gasteiger partial charge in [0.1, 0.15) is 5.75 Å². The van der Waals surface area contributed by atoms with Crippen LogP contribution < -0.4 is 16.0 Å². The third-order valence-electron chi connectivity index (χ3n) is 3.48. The van der Waals surface area contributed by atoms with Gasteiger partial charge in [0.2, 0.25) is 0 Å². The number of nitrogens with two attached hydrogens (primary N) is 1. The summed E-state index contributed by atoms with van der Waals surface area (Å²) in [5, 5.41) is 0. The Morgan fingerprint density at radius 3 is 2.33 bits per heavy atom. The second-order valence-electron chi connectivity index (χ2n) is 5.31. The molecule has 4 nitrogen and oxygen atoms in total. The van der Waals surface area contributed by atoms with Crippen molar-refractivity contribution in [3.05, 3.63) is 59.4 Å². The summed E-state index contributed by atoms with van der Waals surface area (Å²) in [6.45, 7) is 6.94. The number of benzene rings is 1. The van der Waals surface area contributed by atoms with Gasteiger partial charge in [-0.3, -0.25) is 10.8 Å². The summed E-state index contributed by atoms with van der Waals surface area (Å²) in [6, 6.07) is 10.4. The van der Waals surface area contributed by atoms with E-state index < -0.39 is 0 Å². The molecule has 0 bridgehead atoms. The van der Waals surface area contributed by atoms with Crippen LogP contribution in [0.2, 0.25) is 0 Å². The van der Waals surface area contributed by atoms with E-state index in [4.69, 9.17) is 10.6 Å². The number of hydrazine groups is 1. The first-order chi connectivity index (χ1) is 10.2. The molecule has 0 aliphatic heterocycles. The number of rotatable bonds is 6. The Bertz CT molecular complexity index is 567. The normalized spacial score (nSPS) is 12.4. The minimum absolute atomic E-state index is 0.0980. The first-order valence-electron chi connectivity index (χ1n) is 7.29. The number of nitrogens with zero attached hydrogens (tertiary/aromatic N) is 1. The van der Waals surface area contributed by atoms with E-state index in [0.717, 1.165) is 16.9 Å². The van der Waals surface area contributed by atoms with Crippen LogP contribution in [0.4, 0.5) is 0 Å². The summed E-state index contributed by atoms with van der Waals surface area (Å²) in [5.41, 5.74) is 6.27. The van der Waals surface area contributed by atoms with E-state index in [1.165, 1.54) is 5.56 Å². The Morgan fingerprint density at radius 2 is 1.76 bits per heavy atom. The molecule has 1 aromatic heterocycles. The van der Waals surface area contributed by atoms with E-state index in [-0.39, 0.29) is 6.04 Å². The maximum Gasteiger partial charge on any atom is 0.137 e. The molecular weight excluding hydrogens is 262 g/mol. The van der Waals surface area contributed by atoms with Gasteiger partial charge in [-0.15, -0.1) is 0 Å². The topological polar surface area (TPSA) is 60.2 Å². The molecule has 0 spiro atoms. The SMILES string of the molecule is CCOc1cncc(C(NN)c2ccc(C(C)C)cc2)c1. The zero-order valence-electron chi connectivity index (χ0n) is 12.8. The highest BCUT2D eigenvalue weighted by Crippen LogP contribution is 2.25. The molecule has 2 rings (SSSR count). The molecule has 0 fully saturated rings. The van der Waals surface area contributed by atoms with Crippen molar-refractivity contribution in [2.24, 2.45) is 5.84 Å². The lowest BCUT2D eigenvalue weighted by Crippen LogP contribution is -2.29. The second kappa shape index (κ2) is 7.20. The average molecular weight is 285 g/mol. The summed E-state index contributed by atoms with van der Waals surface area (Å²) in [6.07, 6.45) is 3.52. The van der Waals surface area contributed by atoms with Crippen LogP contribution in [-0.4, -0.2) is 11.6 Å². The number of hydrogen-bond acceptors (Lipinski definition) is 4. The van der Waals surface area contributed by atoms with Gasteiger partial charge in [-0.05, 0) is 35.6 Å². The zero-order valence-corrected chi connectivity index (χ0v) is 12.8. The van der Waals surface area contributed by atoms with Crippen molar-refractivity contribution >= 4 is 0 Å². The molecule has 4 heteroatoms. The smallest absolute Gasteiger partial charge is 0.137 e. The monoisotopic (exact) mass is 285 g/mol. The van der Waals surface area contributed by atoms with Crippen molar-refractivity contribution < 1.29 is 4.74 Å². The predicted molar refractivity (Wildman–Crippen MR) is 85.1 cm³/mol. The van der Waals surface area contributed by atoms with Crippen LogP contribution in [-0.2, 0) is 0 Å². The van der Waals surface area contributed by atoms with Crippen LogP contribution >= 0.6 is 0 Å². The number of hydrogen-bond donors (Lipinski definition) is 2. The molecule has 0 aliphatic rings. The molecule has 3 N–H and O–H groups in total. The fraction of sp³-hybridized carbons (Fsp3) is 0.353. The van der Waals surface area contributed by atoms with Crippen LogP contribution in [0.1, 0.15) is 49.4 Å². The molecule has 1 unspecified atom stereocenters. The maximum absolute atomic E-state index is 5.74. The van der Waals surface area contributed by atoms with E-state index in [1.807, 2.05) is 19.2 Å². The third kappa shape index (κ3) is 3.80. The third-order valence-corrected chi connectivity index (χ3v) is 3.48. The highest BCUT2D eigenvalue weighted by molar-refractivity contribution is 5.35. The molecule has 21 heavy (non-hydrogen) atoms. The summed E-state index contributed by atoms with van der Waals surface area (Å²) in [7, 11) is 0. The van der Waals surface area contributed by atoms with Gasteiger partial charge >= 0.3 is 0 Å². The molecule has 1 atom stereocenters. The first kappa shape index (κ1) is 15.5. The van der Waals surface area contributed by atoms with Gasteiger partial charge in [-0.2, -0.15) is 0 Å². The van der Waals surface area contributed by atoms with Gasteiger partial charge in [-0.25, -0.2) is 5.43 Å². The Morgan fingerprint density at radius 1 is 1.10 bits per heavy atom. The Hall–Kier alpha value is -1.91. The van der Waals surface area contributed by atoms with E-state index in [2.05, 4.69) is 48.5 Å². The highest BCUT2D eigenvalue weighted by Gasteiger charge is 2.14. The fourth-order valence-corrected chi connectivity index (χ4v) is 2.30. The minimum atomic E-state index is -0.0980. The average Bonchev–Trinajstić information content (AvgIpc) is 2.49. The fourth-order valence-electron chi connectivity index (χ4n) is 2.30. The quantitative estimate of drug-likeness (QED) is 0.632. The van der Waals surface area contributed by atoms with Gasteiger partial charge in [0, 0.05) is 6.20 Å². The Labute approximate surface area is 126 Å². The van der Waals surface area contributed by atoms with E-state index >= 15 is 0 Å². The van der Waals surface area contributed by atoms with Crippen LogP contribution in [0.15, 0.2) is 42.7 Å². The van der Waals surface area contributed by atoms with E-state index in [1.54, 1.807) is 6.20 Å². The second-order valence-corrected chi connectivity index (χ2v) is 5.31. The van der Waals surface area contributed by atoms with Crippen molar-refractivity contribution in [3.63, 3.8) is 0 Å². The van der Waals surface area contributed by atoms with Crippen molar-refractivity contribution in [1.29, 1.82) is 0 Å². The molecule has 0 radical (unpaired) electrons. The molecule has 1 heterocycles. The van der Waals surface area contributed by atoms with Gasteiger partial charge in [0.25, 0.3) is 0 Å². The molecule has 0 saturated heterocycles. The molecule has 2 aromatic rings. The van der Waals surface area contributed by atoms with Crippen LogP contribution in [0.3, 0.4) is 0 Å². The first-order valence-corrected chi connectivity index (χ1v) is 7.29. The number of pyridine rings is 1. The Balaban J connectivity index is 2.28. The van der Waals surface area contributed by atoms with Crippen LogP contribution in [0.5, 0.6) is 5.75 Å². The van der Waals surface area contributed by atoms with E-state index in [9.17, 15) is 0 Å². The number of nitrogens with one attached hydrogen (secondary N) is 1. The largest absolute Gasteiger partial charge is 0.492 e. The number of ether oxygens (including phenoxy) is 1. The molecule has 0 aliphatic carbocycles. The molecule has 112 valence electrons. The molecular formula is C17H23N3O. The summed E-state index contributed by atoms with van der Waals surface area (Å²) in [5.74, 6) is 7.02. The van der Waals surface area contributed by atoms with Crippen molar-refractivity contribution in [2.75, 3.05) is 6.61 Å². The van der Waals surface area contributed by atoms with Gasteiger partial charge < -0.3 is 4.74 Å².